The van der Waals surface area contributed by atoms with Crippen LogP contribution in [0, 0.1) is 5.82 Å². The largest absolute Gasteiger partial charge is 0.378 e. The molecule has 0 unspecified atom stereocenters. The molecule has 7 heteroatoms. The summed E-state index contributed by atoms with van der Waals surface area (Å²) >= 11 is 0. The van der Waals surface area contributed by atoms with Crippen molar-refractivity contribution in [1.29, 1.82) is 0 Å². The van der Waals surface area contributed by atoms with E-state index < -0.39 is 0 Å². The number of fused-ring (bicyclic) bond motifs is 1. The zero-order chi connectivity index (χ0) is 14.9. The van der Waals surface area contributed by atoms with Crippen LogP contribution < -0.4 is 4.90 Å². The standard InChI is InChI=1S/C15H14FN5O/c16-11-1-3-12(4-2-11)21-15-13(9-19-21)14(17-10-18-15)20-5-7-22-8-6-20/h1-4,9-10H,5-8H2. The monoisotopic (exact) mass is 299 g/mol. The Hall–Kier alpha value is -2.54. The molecule has 1 aliphatic rings. The van der Waals surface area contributed by atoms with Gasteiger partial charge in [-0.3, -0.25) is 0 Å². The van der Waals surface area contributed by atoms with E-state index >= 15 is 0 Å². The van der Waals surface area contributed by atoms with Gasteiger partial charge in [0.1, 0.15) is 18.0 Å². The molecule has 3 aromatic rings. The van der Waals surface area contributed by atoms with Crippen molar-refractivity contribution in [3.8, 4) is 5.69 Å². The third-order valence-electron chi connectivity index (χ3n) is 3.73. The average molecular weight is 299 g/mol. The number of hydrogen-bond donors (Lipinski definition) is 0. The fourth-order valence-corrected chi connectivity index (χ4v) is 2.63. The topological polar surface area (TPSA) is 56.1 Å². The van der Waals surface area contributed by atoms with Crippen LogP contribution in [-0.4, -0.2) is 46.1 Å². The molecule has 1 saturated heterocycles. The average Bonchev–Trinajstić information content (AvgIpc) is 3.00. The minimum Gasteiger partial charge on any atom is -0.378 e. The number of anilines is 1. The highest BCUT2D eigenvalue weighted by atomic mass is 19.1. The van der Waals surface area contributed by atoms with Crippen LogP contribution in [0.1, 0.15) is 0 Å². The first-order valence-electron chi connectivity index (χ1n) is 7.10. The molecule has 112 valence electrons. The van der Waals surface area contributed by atoms with Crippen molar-refractivity contribution in [3.05, 3.63) is 42.6 Å². The molecule has 0 bridgehead atoms. The maximum absolute atomic E-state index is 13.1. The Morgan fingerprint density at radius 2 is 1.82 bits per heavy atom. The Morgan fingerprint density at radius 3 is 2.59 bits per heavy atom. The van der Waals surface area contributed by atoms with Crippen LogP contribution in [0.4, 0.5) is 10.2 Å². The van der Waals surface area contributed by atoms with Crippen molar-refractivity contribution in [2.75, 3.05) is 31.2 Å². The predicted octanol–water partition coefficient (Wildman–Crippen LogP) is 1.79. The van der Waals surface area contributed by atoms with Crippen molar-refractivity contribution in [3.63, 3.8) is 0 Å². The van der Waals surface area contributed by atoms with Gasteiger partial charge in [0.15, 0.2) is 5.65 Å². The summed E-state index contributed by atoms with van der Waals surface area (Å²) in [5.41, 5.74) is 1.48. The van der Waals surface area contributed by atoms with Gasteiger partial charge >= 0.3 is 0 Å². The molecule has 0 aliphatic carbocycles. The van der Waals surface area contributed by atoms with Crippen molar-refractivity contribution < 1.29 is 9.13 Å². The minimum atomic E-state index is -0.274. The van der Waals surface area contributed by atoms with Gasteiger partial charge in [-0.05, 0) is 24.3 Å². The van der Waals surface area contributed by atoms with E-state index in [1.165, 1.54) is 18.5 Å². The maximum atomic E-state index is 13.1. The molecule has 0 spiro atoms. The lowest BCUT2D eigenvalue weighted by atomic mass is 10.3. The fourth-order valence-electron chi connectivity index (χ4n) is 2.63. The molecule has 1 aromatic carbocycles. The summed E-state index contributed by atoms with van der Waals surface area (Å²) in [6.07, 6.45) is 3.29. The Morgan fingerprint density at radius 1 is 1.05 bits per heavy atom. The first-order chi connectivity index (χ1) is 10.8. The van der Waals surface area contributed by atoms with E-state index in [9.17, 15) is 4.39 Å². The van der Waals surface area contributed by atoms with Gasteiger partial charge in [0.05, 0.1) is 30.5 Å². The summed E-state index contributed by atoms with van der Waals surface area (Å²) in [6, 6.07) is 6.18. The van der Waals surface area contributed by atoms with E-state index in [2.05, 4.69) is 20.0 Å². The van der Waals surface area contributed by atoms with Crippen LogP contribution in [0.2, 0.25) is 0 Å². The van der Waals surface area contributed by atoms with Gasteiger partial charge in [0, 0.05) is 13.1 Å². The van der Waals surface area contributed by atoms with Crippen LogP contribution in [-0.2, 0) is 4.74 Å². The molecular weight excluding hydrogens is 285 g/mol. The number of benzene rings is 1. The highest BCUT2D eigenvalue weighted by molar-refractivity contribution is 5.87. The SMILES string of the molecule is Fc1ccc(-n2ncc3c(N4CCOCC4)ncnc32)cc1. The number of halogens is 1. The summed E-state index contributed by atoms with van der Waals surface area (Å²) in [7, 11) is 0. The van der Waals surface area contributed by atoms with Crippen molar-refractivity contribution >= 4 is 16.9 Å². The molecule has 22 heavy (non-hydrogen) atoms. The first-order valence-corrected chi connectivity index (χ1v) is 7.10. The van der Waals surface area contributed by atoms with Gasteiger partial charge in [0.2, 0.25) is 0 Å². The molecule has 0 amide bonds. The molecular formula is C15H14FN5O. The fraction of sp³-hybridized carbons (Fsp3) is 0.267. The first kappa shape index (κ1) is 13.1. The molecule has 0 N–H and O–H groups in total. The number of morpholine rings is 1. The zero-order valence-electron chi connectivity index (χ0n) is 11.8. The van der Waals surface area contributed by atoms with Crippen molar-refractivity contribution in [1.82, 2.24) is 19.7 Å². The Kier molecular flexibility index (Phi) is 3.19. The number of ether oxygens (including phenoxy) is 1. The molecule has 1 aliphatic heterocycles. The van der Waals surface area contributed by atoms with Crippen LogP contribution >= 0.6 is 0 Å². The molecule has 0 atom stereocenters. The second-order valence-electron chi connectivity index (χ2n) is 5.07. The lowest BCUT2D eigenvalue weighted by molar-refractivity contribution is 0.122. The summed E-state index contributed by atoms with van der Waals surface area (Å²) < 4.78 is 20.1. The number of rotatable bonds is 2. The third kappa shape index (κ3) is 2.19. The maximum Gasteiger partial charge on any atom is 0.168 e. The lowest BCUT2D eigenvalue weighted by Gasteiger charge is -2.27. The third-order valence-corrected chi connectivity index (χ3v) is 3.73. The highest BCUT2D eigenvalue weighted by Gasteiger charge is 2.18. The van der Waals surface area contributed by atoms with Gasteiger partial charge in [-0.25, -0.2) is 19.0 Å². The van der Waals surface area contributed by atoms with Crippen LogP contribution in [0.5, 0.6) is 0 Å². The van der Waals surface area contributed by atoms with Crippen molar-refractivity contribution in [2.45, 2.75) is 0 Å². The van der Waals surface area contributed by atoms with Gasteiger partial charge in [0.25, 0.3) is 0 Å². The molecule has 6 nitrogen and oxygen atoms in total. The van der Waals surface area contributed by atoms with Gasteiger partial charge in [-0.2, -0.15) is 5.10 Å². The Labute approximate surface area is 126 Å². The number of nitrogens with zero attached hydrogens (tertiary/aromatic N) is 5. The normalized spacial score (nSPS) is 15.4. The van der Waals surface area contributed by atoms with Gasteiger partial charge in [-0.1, -0.05) is 0 Å². The van der Waals surface area contributed by atoms with E-state index in [0.717, 1.165) is 30.0 Å². The van der Waals surface area contributed by atoms with E-state index in [-0.39, 0.29) is 5.82 Å². The van der Waals surface area contributed by atoms with Crippen LogP contribution in [0.25, 0.3) is 16.7 Å². The second kappa shape index (κ2) is 5.34. The van der Waals surface area contributed by atoms with E-state index in [1.807, 2.05) is 0 Å². The van der Waals surface area contributed by atoms with E-state index in [1.54, 1.807) is 23.0 Å². The number of hydrogen-bond acceptors (Lipinski definition) is 5. The Bertz CT molecular complexity index is 795. The molecule has 3 heterocycles. The minimum absolute atomic E-state index is 0.274. The van der Waals surface area contributed by atoms with Crippen molar-refractivity contribution in [2.24, 2.45) is 0 Å². The molecule has 2 aromatic heterocycles. The Balaban J connectivity index is 1.80. The molecule has 0 radical (unpaired) electrons. The lowest BCUT2D eigenvalue weighted by Crippen LogP contribution is -2.36. The number of aromatic nitrogens is 4. The zero-order valence-corrected chi connectivity index (χ0v) is 11.8. The summed E-state index contributed by atoms with van der Waals surface area (Å²) in [5, 5.41) is 5.27. The highest BCUT2D eigenvalue weighted by Crippen LogP contribution is 2.25. The predicted molar refractivity (Wildman–Crippen MR) is 79.7 cm³/mol. The summed E-state index contributed by atoms with van der Waals surface area (Å²) in [6.45, 7) is 2.98. The summed E-state index contributed by atoms with van der Waals surface area (Å²) in [5.74, 6) is 0.588. The van der Waals surface area contributed by atoms with Crippen LogP contribution in [0.15, 0.2) is 36.8 Å². The van der Waals surface area contributed by atoms with E-state index in [0.29, 0.717) is 18.9 Å². The quantitative estimate of drug-likeness (QED) is 0.722. The van der Waals surface area contributed by atoms with Gasteiger partial charge < -0.3 is 9.64 Å². The smallest absolute Gasteiger partial charge is 0.168 e. The van der Waals surface area contributed by atoms with Crippen LogP contribution in [0.3, 0.4) is 0 Å². The van der Waals surface area contributed by atoms with Gasteiger partial charge in [-0.15, -0.1) is 0 Å². The molecule has 1 fully saturated rings. The summed E-state index contributed by atoms with van der Waals surface area (Å²) in [4.78, 5) is 10.9. The van der Waals surface area contributed by atoms with E-state index in [4.69, 9.17) is 4.74 Å². The molecule has 4 rings (SSSR count). The second-order valence-corrected chi connectivity index (χ2v) is 5.07. The molecule has 0 saturated carbocycles.